The summed E-state index contributed by atoms with van der Waals surface area (Å²) in [5, 5.41) is 18.0. The molecular formula is C16H10N2. The first kappa shape index (κ1) is 11.6. The van der Waals surface area contributed by atoms with Crippen LogP contribution in [0.15, 0.2) is 54.6 Å². The number of hydrogen-bond acceptors (Lipinski definition) is 2. The minimum absolute atomic E-state index is 0.589. The highest BCUT2D eigenvalue weighted by atomic mass is 14.2. The molecule has 0 bridgehead atoms. The fourth-order valence-electron chi connectivity index (χ4n) is 1.66. The Kier molecular flexibility index (Phi) is 3.54. The molecule has 0 N–H and O–H groups in total. The summed E-state index contributed by atoms with van der Waals surface area (Å²) in [6.45, 7) is 0. The van der Waals surface area contributed by atoms with E-state index in [1.165, 1.54) is 0 Å². The molecule has 0 saturated heterocycles. The summed E-state index contributed by atoms with van der Waals surface area (Å²) < 4.78 is 0. The van der Waals surface area contributed by atoms with Crippen LogP contribution in [0.25, 0.3) is 11.6 Å². The van der Waals surface area contributed by atoms with Crippen LogP contribution in [0.2, 0.25) is 0 Å². The lowest BCUT2D eigenvalue weighted by molar-refractivity contribution is 1.48. The normalized spacial score (nSPS) is 10.4. The molecule has 2 nitrogen and oxygen atoms in total. The zero-order valence-corrected chi connectivity index (χ0v) is 9.67. The Balaban J connectivity index is 2.43. The van der Waals surface area contributed by atoms with Gasteiger partial charge in [0.05, 0.1) is 23.3 Å². The van der Waals surface area contributed by atoms with Gasteiger partial charge in [0, 0.05) is 0 Å². The van der Waals surface area contributed by atoms with Gasteiger partial charge in [0.15, 0.2) is 0 Å². The van der Waals surface area contributed by atoms with Crippen molar-refractivity contribution in [2.75, 3.05) is 0 Å². The first-order valence-electron chi connectivity index (χ1n) is 5.51. The molecule has 0 saturated carbocycles. The summed E-state index contributed by atoms with van der Waals surface area (Å²) in [7, 11) is 0. The molecule has 0 aliphatic heterocycles. The number of nitrogens with zero attached hydrogens (tertiary/aromatic N) is 2. The summed E-state index contributed by atoms with van der Waals surface area (Å²) in [5.41, 5.74) is 2.91. The number of benzene rings is 2. The van der Waals surface area contributed by atoms with Crippen molar-refractivity contribution in [1.29, 1.82) is 10.5 Å². The van der Waals surface area contributed by atoms with E-state index in [-0.39, 0.29) is 0 Å². The summed E-state index contributed by atoms with van der Waals surface area (Å²) in [6, 6.07) is 20.9. The molecule has 2 aromatic rings. The second-order valence-corrected chi connectivity index (χ2v) is 3.77. The van der Waals surface area contributed by atoms with Crippen molar-refractivity contribution >= 4 is 11.6 Å². The van der Waals surface area contributed by atoms with Crippen LogP contribution in [0.5, 0.6) is 0 Å². The first-order valence-corrected chi connectivity index (χ1v) is 5.51. The SMILES string of the molecule is N#C/C(=C\c1cccc(C#N)c1)c1ccccc1. The van der Waals surface area contributed by atoms with Gasteiger partial charge in [-0.1, -0.05) is 42.5 Å². The fourth-order valence-corrected chi connectivity index (χ4v) is 1.66. The van der Waals surface area contributed by atoms with Crippen LogP contribution in [0.3, 0.4) is 0 Å². The van der Waals surface area contributed by atoms with Crippen molar-refractivity contribution in [3.63, 3.8) is 0 Å². The van der Waals surface area contributed by atoms with Crippen molar-refractivity contribution in [2.24, 2.45) is 0 Å². The lowest BCUT2D eigenvalue weighted by Crippen LogP contribution is -1.82. The third-order valence-corrected chi connectivity index (χ3v) is 2.53. The van der Waals surface area contributed by atoms with Crippen LogP contribution in [-0.2, 0) is 0 Å². The van der Waals surface area contributed by atoms with Crippen LogP contribution in [0.4, 0.5) is 0 Å². The van der Waals surface area contributed by atoms with Gasteiger partial charge in [-0.25, -0.2) is 0 Å². The van der Waals surface area contributed by atoms with E-state index < -0.39 is 0 Å². The number of hydrogen-bond donors (Lipinski definition) is 0. The van der Waals surface area contributed by atoms with Gasteiger partial charge >= 0.3 is 0 Å². The lowest BCUT2D eigenvalue weighted by atomic mass is 10.0. The molecule has 0 heterocycles. The molecule has 0 unspecified atom stereocenters. The smallest absolute Gasteiger partial charge is 0.0998 e. The molecule has 0 amide bonds. The van der Waals surface area contributed by atoms with E-state index in [9.17, 15) is 5.26 Å². The van der Waals surface area contributed by atoms with Crippen molar-refractivity contribution in [2.45, 2.75) is 0 Å². The van der Waals surface area contributed by atoms with E-state index in [4.69, 9.17) is 5.26 Å². The molecule has 0 radical (unpaired) electrons. The third-order valence-electron chi connectivity index (χ3n) is 2.53. The summed E-state index contributed by atoms with van der Waals surface area (Å²) in [6.07, 6.45) is 1.79. The van der Waals surface area contributed by atoms with Gasteiger partial charge in [0.1, 0.15) is 0 Å². The van der Waals surface area contributed by atoms with E-state index in [0.29, 0.717) is 11.1 Å². The zero-order valence-electron chi connectivity index (χ0n) is 9.67. The van der Waals surface area contributed by atoms with E-state index in [1.54, 1.807) is 18.2 Å². The number of nitriles is 2. The Bertz CT molecular complexity index is 655. The van der Waals surface area contributed by atoms with Gasteiger partial charge in [0.25, 0.3) is 0 Å². The predicted molar refractivity (Wildman–Crippen MR) is 71.1 cm³/mol. The maximum Gasteiger partial charge on any atom is 0.0998 e. The van der Waals surface area contributed by atoms with Gasteiger partial charge in [-0.3, -0.25) is 0 Å². The zero-order chi connectivity index (χ0) is 12.8. The second-order valence-electron chi connectivity index (χ2n) is 3.77. The molecule has 2 rings (SSSR count). The van der Waals surface area contributed by atoms with Crippen LogP contribution in [0, 0.1) is 22.7 Å². The Morgan fingerprint density at radius 2 is 1.72 bits per heavy atom. The predicted octanol–water partition coefficient (Wildman–Crippen LogP) is 3.62. The Hall–Kier alpha value is -2.84. The Labute approximate surface area is 106 Å². The molecule has 0 atom stereocenters. The number of allylic oxidation sites excluding steroid dienone is 1. The average molecular weight is 230 g/mol. The van der Waals surface area contributed by atoms with Crippen molar-refractivity contribution < 1.29 is 0 Å². The standard InChI is InChI=1S/C16H10N2/c17-11-14-6-4-5-13(9-14)10-16(12-18)15-7-2-1-3-8-15/h1-10H/b16-10+. The lowest BCUT2D eigenvalue weighted by Gasteiger charge is -1.99. The Morgan fingerprint density at radius 1 is 0.944 bits per heavy atom. The van der Waals surface area contributed by atoms with Gasteiger partial charge in [0.2, 0.25) is 0 Å². The summed E-state index contributed by atoms with van der Waals surface area (Å²) >= 11 is 0. The highest BCUT2D eigenvalue weighted by Crippen LogP contribution is 2.17. The van der Waals surface area contributed by atoms with E-state index >= 15 is 0 Å². The highest BCUT2D eigenvalue weighted by molar-refractivity contribution is 5.89. The minimum Gasteiger partial charge on any atom is -0.192 e. The molecule has 0 fully saturated rings. The monoisotopic (exact) mass is 230 g/mol. The quantitative estimate of drug-likeness (QED) is 0.584. The van der Waals surface area contributed by atoms with E-state index in [1.807, 2.05) is 42.5 Å². The van der Waals surface area contributed by atoms with Gasteiger partial charge in [-0.2, -0.15) is 10.5 Å². The molecule has 0 aliphatic rings. The maximum absolute atomic E-state index is 9.18. The second kappa shape index (κ2) is 5.48. The Morgan fingerprint density at radius 3 is 2.39 bits per heavy atom. The van der Waals surface area contributed by atoms with Crippen molar-refractivity contribution in [1.82, 2.24) is 0 Å². The van der Waals surface area contributed by atoms with Gasteiger partial charge in [-0.15, -0.1) is 0 Å². The molecule has 84 valence electrons. The fraction of sp³-hybridized carbons (Fsp3) is 0. The molecule has 0 spiro atoms. The molecule has 18 heavy (non-hydrogen) atoms. The van der Waals surface area contributed by atoms with Crippen LogP contribution in [0.1, 0.15) is 16.7 Å². The van der Waals surface area contributed by atoms with Crippen LogP contribution in [-0.4, -0.2) is 0 Å². The van der Waals surface area contributed by atoms with E-state index in [2.05, 4.69) is 12.1 Å². The highest BCUT2D eigenvalue weighted by Gasteiger charge is 2.00. The molecule has 2 aromatic carbocycles. The van der Waals surface area contributed by atoms with Gasteiger partial charge < -0.3 is 0 Å². The first-order chi connectivity index (χ1) is 8.83. The minimum atomic E-state index is 0.589. The van der Waals surface area contributed by atoms with Crippen molar-refractivity contribution in [3.05, 3.63) is 71.3 Å². The summed E-state index contributed by atoms with van der Waals surface area (Å²) in [4.78, 5) is 0. The third kappa shape index (κ3) is 2.64. The molecule has 2 heteroatoms. The molecule has 0 aromatic heterocycles. The largest absolute Gasteiger partial charge is 0.192 e. The van der Waals surface area contributed by atoms with Crippen LogP contribution < -0.4 is 0 Å². The summed E-state index contributed by atoms with van der Waals surface area (Å²) in [5.74, 6) is 0. The topological polar surface area (TPSA) is 47.6 Å². The number of rotatable bonds is 2. The van der Waals surface area contributed by atoms with Gasteiger partial charge in [-0.05, 0) is 29.3 Å². The molecule has 0 aliphatic carbocycles. The maximum atomic E-state index is 9.18. The average Bonchev–Trinajstić information content (AvgIpc) is 2.46. The molecular weight excluding hydrogens is 220 g/mol. The van der Waals surface area contributed by atoms with Crippen molar-refractivity contribution in [3.8, 4) is 12.1 Å². The van der Waals surface area contributed by atoms with Crippen LogP contribution >= 0.6 is 0 Å². The van der Waals surface area contributed by atoms with E-state index in [0.717, 1.165) is 11.1 Å².